The Morgan fingerprint density at radius 2 is 1.47 bits per heavy atom. The molecule has 7 heteroatoms. The number of unbranched alkanes of at least 4 members (excludes halogenated alkanes) is 1. The fraction of sp³-hybridized carbons (Fsp3) is 0.760. The Hall–Kier alpha value is -1.11. The van der Waals surface area contributed by atoms with Crippen molar-refractivity contribution >= 4 is 8.80 Å². The van der Waals surface area contributed by atoms with E-state index in [2.05, 4.69) is 4.74 Å². The average Bonchev–Trinajstić information content (AvgIpc) is 2.78. The summed E-state index contributed by atoms with van der Waals surface area (Å²) in [7, 11) is -0.595. The van der Waals surface area contributed by atoms with Crippen LogP contribution in [0.25, 0.3) is 0 Å². The van der Waals surface area contributed by atoms with Crippen molar-refractivity contribution in [1.82, 2.24) is 0 Å². The van der Waals surface area contributed by atoms with E-state index in [0.29, 0.717) is 11.5 Å². The van der Waals surface area contributed by atoms with E-state index in [0.717, 1.165) is 44.4 Å². The van der Waals surface area contributed by atoms with Crippen LogP contribution >= 0.6 is 0 Å². The molecule has 2 aliphatic rings. The minimum atomic E-state index is -2.77. The Morgan fingerprint density at radius 1 is 0.875 bits per heavy atom. The van der Waals surface area contributed by atoms with Crippen molar-refractivity contribution < 1.29 is 26.7 Å². The summed E-state index contributed by atoms with van der Waals surface area (Å²) < 4.78 is 69.8. The largest absolute Gasteiger partial charge is 0.482 e. The topological polar surface area (TPSA) is 9.23 Å². The lowest BCUT2D eigenvalue weighted by atomic mass is 9.76. The summed E-state index contributed by atoms with van der Waals surface area (Å²) in [6.45, 7) is -1.18. The molecule has 0 unspecified atom stereocenters. The van der Waals surface area contributed by atoms with E-state index < -0.39 is 39.2 Å². The third-order valence-electron chi connectivity index (χ3n) is 7.64. The van der Waals surface area contributed by atoms with Crippen LogP contribution < -0.4 is 4.74 Å². The Kier molecular flexibility index (Phi) is 10.3. The molecule has 1 saturated heterocycles. The van der Waals surface area contributed by atoms with Gasteiger partial charge in [-0.05, 0) is 67.6 Å². The molecule has 0 spiro atoms. The summed E-state index contributed by atoms with van der Waals surface area (Å²) >= 11 is 0. The lowest BCUT2D eigenvalue weighted by Crippen LogP contribution is -2.22. The second kappa shape index (κ2) is 12.9. The van der Waals surface area contributed by atoms with Gasteiger partial charge in [0.15, 0.2) is 17.4 Å². The number of hydrogen-bond donors (Lipinski definition) is 0. The van der Waals surface area contributed by atoms with Gasteiger partial charge in [-0.3, -0.25) is 4.39 Å². The van der Waals surface area contributed by atoms with Gasteiger partial charge in [-0.2, -0.15) is 0 Å². The number of alkyl halides is 3. The molecule has 0 N–H and O–H groups in total. The van der Waals surface area contributed by atoms with Crippen molar-refractivity contribution in [3.05, 3.63) is 29.3 Å². The van der Waals surface area contributed by atoms with Crippen LogP contribution in [0.1, 0.15) is 75.7 Å². The molecule has 1 heterocycles. The van der Waals surface area contributed by atoms with Gasteiger partial charge in [0.25, 0.3) is 6.43 Å². The zero-order valence-electron chi connectivity index (χ0n) is 18.9. The highest BCUT2D eigenvalue weighted by Gasteiger charge is 2.27. The van der Waals surface area contributed by atoms with Gasteiger partial charge < -0.3 is 4.74 Å². The summed E-state index contributed by atoms with van der Waals surface area (Å²) in [4.78, 5) is 0. The number of ether oxygens (including phenoxy) is 1. The predicted octanol–water partition coefficient (Wildman–Crippen LogP) is 8.05. The molecule has 3 rings (SSSR count). The predicted molar refractivity (Wildman–Crippen MR) is 121 cm³/mol. The zero-order valence-corrected chi connectivity index (χ0v) is 20.1. The number of halogens is 5. The highest BCUT2D eigenvalue weighted by molar-refractivity contribution is 6.58. The summed E-state index contributed by atoms with van der Waals surface area (Å²) in [6.07, 6.45) is 8.29. The van der Waals surface area contributed by atoms with Crippen LogP contribution in [0.4, 0.5) is 22.0 Å². The van der Waals surface area contributed by atoms with Crippen molar-refractivity contribution in [2.75, 3.05) is 13.3 Å². The molecular weight excluding hydrogens is 439 g/mol. The van der Waals surface area contributed by atoms with Crippen LogP contribution in [0.5, 0.6) is 5.75 Å². The second-order valence-electron chi connectivity index (χ2n) is 9.88. The van der Waals surface area contributed by atoms with Crippen molar-refractivity contribution in [1.29, 1.82) is 0 Å². The van der Waals surface area contributed by atoms with Crippen LogP contribution in [0.15, 0.2) is 12.1 Å². The molecule has 0 atom stereocenters. The van der Waals surface area contributed by atoms with Crippen molar-refractivity contribution in [3.63, 3.8) is 0 Å². The van der Waals surface area contributed by atoms with Crippen LogP contribution in [-0.2, 0) is 0 Å². The van der Waals surface area contributed by atoms with Gasteiger partial charge >= 0.3 is 0 Å². The quantitative estimate of drug-likeness (QED) is 0.178. The number of rotatable bonds is 11. The molecule has 32 heavy (non-hydrogen) atoms. The van der Waals surface area contributed by atoms with Crippen molar-refractivity contribution in [2.45, 2.75) is 94.7 Å². The lowest BCUT2D eigenvalue weighted by molar-refractivity contribution is 0.0777. The van der Waals surface area contributed by atoms with E-state index in [1.165, 1.54) is 55.9 Å². The summed E-state index contributed by atoms with van der Waals surface area (Å²) in [5, 5.41) is 0. The maximum absolute atomic E-state index is 14.2. The van der Waals surface area contributed by atoms with Crippen molar-refractivity contribution in [3.8, 4) is 5.75 Å². The maximum atomic E-state index is 14.2. The van der Waals surface area contributed by atoms with Crippen LogP contribution in [-0.4, -0.2) is 28.5 Å². The van der Waals surface area contributed by atoms with Crippen LogP contribution in [0, 0.1) is 23.5 Å². The number of hydrogen-bond acceptors (Lipinski definition) is 1. The van der Waals surface area contributed by atoms with E-state index in [9.17, 15) is 22.0 Å². The molecule has 0 bridgehead atoms. The molecule has 1 aromatic rings. The summed E-state index contributed by atoms with van der Waals surface area (Å²) in [5.41, 5.74) is 0.610. The Labute approximate surface area is 190 Å². The third-order valence-corrected chi connectivity index (χ3v) is 11.2. The highest BCUT2D eigenvalue weighted by atomic mass is 28.3. The van der Waals surface area contributed by atoms with Crippen LogP contribution in [0.3, 0.4) is 0 Å². The van der Waals surface area contributed by atoms with Gasteiger partial charge in [-0.25, -0.2) is 17.6 Å². The Bertz CT molecular complexity index is 662. The lowest BCUT2D eigenvalue weighted by Gasteiger charge is -2.32. The molecular formula is C25H37F5OSi. The normalized spacial score (nSPS) is 26.4. The first-order valence-corrected chi connectivity index (χ1v) is 14.9. The van der Waals surface area contributed by atoms with Crippen molar-refractivity contribution in [2.24, 2.45) is 11.8 Å². The zero-order chi connectivity index (χ0) is 22.9. The minimum Gasteiger partial charge on any atom is -0.482 e. The molecule has 1 nitrogen and oxygen atoms in total. The van der Waals surface area contributed by atoms with E-state index in [1.807, 2.05) is 0 Å². The molecule has 1 aliphatic heterocycles. The van der Waals surface area contributed by atoms with Gasteiger partial charge in [-0.1, -0.05) is 50.2 Å². The highest BCUT2D eigenvalue weighted by Crippen LogP contribution is 2.41. The SMILES string of the molecule is FCCCC[Si@H]1CC[C@H](CC[C@H]2CC[C@H](c3cc(F)c(OCC(F)F)c(F)c3)CC2)CC1. The third kappa shape index (κ3) is 7.74. The van der Waals surface area contributed by atoms with E-state index in [-0.39, 0.29) is 12.6 Å². The van der Waals surface area contributed by atoms with Gasteiger partial charge in [0.1, 0.15) is 6.61 Å². The Balaban J connectivity index is 1.38. The maximum Gasteiger partial charge on any atom is 0.272 e. The van der Waals surface area contributed by atoms with Gasteiger partial charge in [0.2, 0.25) is 0 Å². The molecule has 182 valence electrons. The molecule has 0 aromatic heterocycles. The summed E-state index contributed by atoms with van der Waals surface area (Å²) in [6, 6.07) is 6.69. The van der Waals surface area contributed by atoms with E-state index in [1.54, 1.807) is 0 Å². The molecule has 1 aliphatic carbocycles. The monoisotopic (exact) mass is 476 g/mol. The molecule has 2 fully saturated rings. The smallest absolute Gasteiger partial charge is 0.272 e. The molecule has 0 radical (unpaired) electrons. The van der Waals surface area contributed by atoms with E-state index in [4.69, 9.17) is 0 Å². The number of benzene rings is 1. The van der Waals surface area contributed by atoms with Gasteiger partial charge in [-0.15, -0.1) is 0 Å². The second-order valence-corrected chi connectivity index (χ2v) is 13.3. The standard InChI is InChI=1S/C25H37F5OSi/c26-11-1-2-12-32-13-9-19(10-14-32)4-3-18-5-7-20(8-6-18)21-15-22(27)25(23(28)16-21)31-17-24(29)30/h15-16,18-20,24,32H,1-14,17H2/t18-,19-,20-,32-. The van der Waals surface area contributed by atoms with Gasteiger partial charge in [0.05, 0.1) is 6.67 Å². The first kappa shape index (κ1) is 25.5. The molecule has 1 aromatic carbocycles. The first-order chi connectivity index (χ1) is 15.5. The fourth-order valence-electron chi connectivity index (χ4n) is 5.69. The van der Waals surface area contributed by atoms with Gasteiger partial charge in [0, 0.05) is 8.80 Å². The average molecular weight is 477 g/mol. The van der Waals surface area contributed by atoms with Crippen LogP contribution in [0.2, 0.25) is 18.1 Å². The summed E-state index contributed by atoms with van der Waals surface area (Å²) in [5.74, 6) is -0.845. The molecule has 0 amide bonds. The molecule has 1 saturated carbocycles. The minimum absolute atomic E-state index is 0.116. The fourth-order valence-corrected chi connectivity index (χ4v) is 9.31. The first-order valence-electron chi connectivity index (χ1n) is 12.4. The van der Waals surface area contributed by atoms with E-state index >= 15 is 0 Å². The Morgan fingerprint density at radius 3 is 2.03 bits per heavy atom.